The molecule has 34 heavy (non-hydrogen) atoms. The van der Waals surface area contributed by atoms with E-state index in [1.165, 1.54) is 12.8 Å². The molecule has 1 amide bonds. The molecule has 1 saturated carbocycles. The molecule has 1 N–H and O–H groups in total. The van der Waals surface area contributed by atoms with Crippen LogP contribution in [-0.4, -0.2) is 32.4 Å². The predicted octanol–water partition coefficient (Wildman–Crippen LogP) is 5.54. The minimum Gasteiger partial charge on any atom is -0.494 e. The average Bonchev–Trinajstić information content (AvgIpc) is 3.61. The van der Waals surface area contributed by atoms with Crippen LogP contribution in [0.15, 0.2) is 59.3 Å². The Bertz CT molecular complexity index is 1270. The molecule has 2 aromatic carbocycles. The second-order valence-corrected chi connectivity index (χ2v) is 8.47. The van der Waals surface area contributed by atoms with Gasteiger partial charge >= 0.3 is 0 Å². The number of amides is 1. The summed E-state index contributed by atoms with van der Waals surface area (Å²) in [5.74, 6) is 2.28. The minimum atomic E-state index is -0.212. The van der Waals surface area contributed by atoms with E-state index < -0.39 is 0 Å². The van der Waals surface area contributed by atoms with Gasteiger partial charge in [0.1, 0.15) is 5.75 Å². The summed E-state index contributed by atoms with van der Waals surface area (Å²) in [6, 6.07) is 15.0. The summed E-state index contributed by atoms with van der Waals surface area (Å²) >= 11 is 0. The zero-order valence-electron chi connectivity index (χ0n) is 19.3. The number of ether oxygens (including phenoxy) is 1. The van der Waals surface area contributed by atoms with E-state index in [-0.39, 0.29) is 5.91 Å². The van der Waals surface area contributed by atoms with Crippen molar-refractivity contribution in [2.45, 2.75) is 45.4 Å². The summed E-state index contributed by atoms with van der Waals surface area (Å²) < 4.78 is 12.6. The quantitative estimate of drug-likeness (QED) is 0.392. The number of hydrogen-bond donors (Lipinski definition) is 1. The average molecular weight is 458 g/mol. The fraction of sp³-hybridized carbons (Fsp3) is 0.308. The van der Waals surface area contributed by atoms with Crippen molar-refractivity contribution in [3.8, 4) is 22.8 Å². The third-order valence-corrected chi connectivity index (χ3v) is 6.10. The molecule has 8 heteroatoms. The molecule has 0 unspecified atom stereocenters. The predicted molar refractivity (Wildman–Crippen MR) is 128 cm³/mol. The van der Waals surface area contributed by atoms with Gasteiger partial charge in [-0.05, 0) is 75.2 Å². The lowest BCUT2D eigenvalue weighted by molar-refractivity contribution is 0.102. The van der Waals surface area contributed by atoms with Crippen molar-refractivity contribution in [2.75, 3.05) is 11.9 Å². The third-order valence-electron chi connectivity index (χ3n) is 6.10. The number of carbonyl (C=O) groups is 1. The van der Waals surface area contributed by atoms with Gasteiger partial charge in [0.15, 0.2) is 0 Å². The first-order valence-electron chi connectivity index (χ1n) is 11.7. The molecule has 174 valence electrons. The summed E-state index contributed by atoms with van der Waals surface area (Å²) in [5, 5.41) is 11.6. The molecule has 0 radical (unpaired) electrons. The van der Waals surface area contributed by atoms with Crippen molar-refractivity contribution in [1.29, 1.82) is 0 Å². The molecule has 0 spiro atoms. The maximum atomic E-state index is 12.8. The first-order valence-corrected chi connectivity index (χ1v) is 11.7. The van der Waals surface area contributed by atoms with Crippen LogP contribution in [0.3, 0.4) is 0 Å². The normalized spacial score (nSPS) is 13.8. The van der Waals surface area contributed by atoms with Crippen LogP contribution in [0.25, 0.3) is 17.1 Å². The second-order valence-electron chi connectivity index (χ2n) is 8.47. The van der Waals surface area contributed by atoms with E-state index in [1.54, 1.807) is 10.9 Å². The molecule has 0 saturated heterocycles. The van der Waals surface area contributed by atoms with Crippen molar-refractivity contribution in [2.24, 2.45) is 0 Å². The van der Waals surface area contributed by atoms with Crippen LogP contribution in [0, 0.1) is 6.92 Å². The first kappa shape index (κ1) is 21.9. The highest BCUT2D eigenvalue weighted by Gasteiger charge is 2.23. The molecule has 2 heterocycles. The Kier molecular flexibility index (Phi) is 6.12. The van der Waals surface area contributed by atoms with Crippen LogP contribution in [0.1, 0.15) is 60.5 Å². The molecule has 0 aliphatic heterocycles. The summed E-state index contributed by atoms with van der Waals surface area (Å²) in [4.78, 5) is 17.4. The number of anilines is 1. The van der Waals surface area contributed by atoms with Crippen molar-refractivity contribution >= 4 is 11.6 Å². The van der Waals surface area contributed by atoms with Gasteiger partial charge in [0.25, 0.3) is 5.91 Å². The Labute approximate surface area is 197 Å². The van der Waals surface area contributed by atoms with Crippen LogP contribution < -0.4 is 10.1 Å². The number of hydrogen-bond acceptors (Lipinski definition) is 6. The number of benzene rings is 2. The van der Waals surface area contributed by atoms with Crippen molar-refractivity contribution in [3.63, 3.8) is 0 Å². The highest BCUT2D eigenvalue weighted by Crippen LogP contribution is 2.34. The SMILES string of the molecule is CCOc1ccc(NC(=O)c2cn(-c3ccc(-c4noc(C5CCCC5)n4)cc3)nc2C)cc1. The van der Waals surface area contributed by atoms with Crippen molar-refractivity contribution < 1.29 is 14.1 Å². The van der Waals surface area contributed by atoms with Gasteiger partial charge in [-0.25, -0.2) is 4.68 Å². The summed E-state index contributed by atoms with van der Waals surface area (Å²) in [7, 11) is 0. The van der Waals surface area contributed by atoms with Crippen LogP contribution in [0.5, 0.6) is 5.75 Å². The largest absolute Gasteiger partial charge is 0.494 e. The lowest BCUT2D eigenvalue weighted by Gasteiger charge is -2.06. The van der Waals surface area contributed by atoms with Crippen LogP contribution >= 0.6 is 0 Å². The number of rotatable bonds is 7. The van der Waals surface area contributed by atoms with Gasteiger partial charge in [-0.1, -0.05) is 18.0 Å². The Balaban J connectivity index is 1.29. The van der Waals surface area contributed by atoms with E-state index in [0.717, 1.165) is 35.7 Å². The fourth-order valence-corrected chi connectivity index (χ4v) is 4.27. The number of carbonyl (C=O) groups excluding carboxylic acids is 1. The Morgan fingerprint density at radius 2 is 1.85 bits per heavy atom. The molecular formula is C26H27N5O3. The van der Waals surface area contributed by atoms with Crippen molar-refractivity contribution in [3.05, 3.63) is 71.9 Å². The van der Waals surface area contributed by atoms with Gasteiger partial charge in [0, 0.05) is 23.4 Å². The fourth-order valence-electron chi connectivity index (χ4n) is 4.27. The Hall–Kier alpha value is -3.94. The van der Waals surface area contributed by atoms with E-state index in [4.69, 9.17) is 9.26 Å². The van der Waals surface area contributed by atoms with E-state index in [2.05, 4.69) is 20.6 Å². The van der Waals surface area contributed by atoms with Gasteiger partial charge in [-0.15, -0.1) is 0 Å². The smallest absolute Gasteiger partial charge is 0.259 e. The number of nitrogens with zero attached hydrogens (tertiary/aromatic N) is 4. The highest BCUT2D eigenvalue weighted by atomic mass is 16.5. The lowest BCUT2D eigenvalue weighted by atomic mass is 10.1. The third kappa shape index (κ3) is 4.57. The molecule has 0 bridgehead atoms. The number of nitrogens with one attached hydrogen (secondary N) is 1. The summed E-state index contributed by atoms with van der Waals surface area (Å²) in [6.45, 7) is 4.35. The van der Waals surface area contributed by atoms with E-state index in [1.807, 2.05) is 62.4 Å². The summed E-state index contributed by atoms with van der Waals surface area (Å²) in [5.41, 5.74) is 3.58. The molecule has 5 rings (SSSR count). The number of aryl methyl sites for hydroxylation is 1. The van der Waals surface area contributed by atoms with Crippen molar-refractivity contribution in [1.82, 2.24) is 19.9 Å². The zero-order valence-corrected chi connectivity index (χ0v) is 19.3. The van der Waals surface area contributed by atoms with Crippen LogP contribution in [0.2, 0.25) is 0 Å². The van der Waals surface area contributed by atoms with E-state index in [0.29, 0.717) is 35.3 Å². The van der Waals surface area contributed by atoms with Gasteiger partial charge < -0.3 is 14.6 Å². The van der Waals surface area contributed by atoms with E-state index >= 15 is 0 Å². The standard InChI is InChI=1S/C26H27N5O3/c1-3-33-22-14-10-20(11-15-22)27-25(32)23-16-31(29-17(23)2)21-12-8-18(9-13-21)24-28-26(34-30-24)19-6-4-5-7-19/h8-16,19H,3-7H2,1-2H3,(H,27,32). The molecule has 1 aliphatic carbocycles. The number of aromatic nitrogens is 4. The van der Waals surface area contributed by atoms with Gasteiger partial charge in [0.05, 0.1) is 23.6 Å². The molecule has 1 aliphatic rings. The monoisotopic (exact) mass is 457 g/mol. The molecule has 0 atom stereocenters. The maximum Gasteiger partial charge on any atom is 0.259 e. The summed E-state index contributed by atoms with van der Waals surface area (Å²) in [6.07, 6.45) is 6.42. The minimum absolute atomic E-state index is 0.212. The Morgan fingerprint density at radius 3 is 2.56 bits per heavy atom. The molecule has 8 nitrogen and oxygen atoms in total. The van der Waals surface area contributed by atoms with Gasteiger partial charge in [0.2, 0.25) is 11.7 Å². The maximum absolute atomic E-state index is 12.8. The van der Waals surface area contributed by atoms with E-state index in [9.17, 15) is 4.79 Å². The first-order chi connectivity index (χ1) is 16.6. The van der Waals surface area contributed by atoms with Gasteiger partial charge in [-0.3, -0.25) is 4.79 Å². The molecular weight excluding hydrogens is 430 g/mol. The zero-order chi connectivity index (χ0) is 23.5. The van der Waals surface area contributed by atoms with Crippen LogP contribution in [-0.2, 0) is 0 Å². The second kappa shape index (κ2) is 9.51. The molecule has 4 aromatic rings. The van der Waals surface area contributed by atoms with Crippen LogP contribution in [0.4, 0.5) is 5.69 Å². The lowest BCUT2D eigenvalue weighted by Crippen LogP contribution is -2.12. The topological polar surface area (TPSA) is 95.1 Å². The highest BCUT2D eigenvalue weighted by molar-refractivity contribution is 6.04. The van der Waals surface area contributed by atoms with Gasteiger partial charge in [-0.2, -0.15) is 10.1 Å². The molecule has 1 fully saturated rings. The Morgan fingerprint density at radius 1 is 1.12 bits per heavy atom. The molecule has 2 aromatic heterocycles.